The molecule has 294 valence electrons. The molecule has 8 N–H and O–H groups in total. The van der Waals surface area contributed by atoms with Gasteiger partial charge in [0, 0.05) is 78.1 Å². The number of carboxylic acids is 6. The van der Waals surface area contributed by atoms with E-state index in [-0.39, 0.29) is 75.8 Å². The summed E-state index contributed by atoms with van der Waals surface area (Å²) in [4.78, 5) is 81.7. The fraction of sp³-hybridized carbons (Fsp3) is 0.517. The Kier molecular flexibility index (Phi) is 49.4. The van der Waals surface area contributed by atoms with Crippen LogP contribution in [0.25, 0.3) is 0 Å². The minimum atomic E-state index is -1.20. The first-order valence-corrected chi connectivity index (χ1v) is 13.3. The summed E-state index contributed by atoms with van der Waals surface area (Å²) in [6, 6.07) is 0. The second-order valence-corrected chi connectivity index (χ2v) is 9.34. The van der Waals surface area contributed by atoms with Crippen molar-refractivity contribution < 1.29 is 140 Å². The van der Waals surface area contributed by atoms with Crippen molar-refractivity contribution in [3.8, 4) is 0 Å². The van der Waals surface area contributed by atoms with E-state index in [1.54, 1.807) is 0 Å². The molecule has 0 aromatic carbocycles. The Labute approximate surface area is 321 Å². The van der Waals surface area contributed by atoms with E-state index in [4.69, 9.17) is 50.4 Å². The molecule has 50 heavy (non-hydrogen) atoms. The summed E-state index contributed by atoms with van der Waals surface area (Å²) < 4.78 is 8.93. The second kappa shape index (κ2) is 38.1. The van der Waals surface area contributed by atoms with Crippen LogP contribution in [0, 0.1) is 23.7 Å². The van der Waals surface area contributed by atoms with Crippen LogP contribution >= 0.6 is 0 Å². The zero-order valence-corrected chi connectivity index (χ0v) is 31.6. The molecule has 6 atom stereocenters. The molecular formula is C29H46Fe3O18. The number of aliphatic hydroxyl groups is 2. The van der Waals surface area contributed by atoms with Crippen LogP contribution in [0.15, 0.2) is 37.3 Å². The van der Waals surface area contributed by atoms with Crippen molar-refractivity contribution in [2.24, 2.45) is 23.7 Å². The number of allylic oxidation sites excluding steroid dienone is 1. The molecular weight excluding hydrogens is 804 g/mol. The monoisotopic (exact) mass is 850 g/mol. The third kappa shape index (κ3) is 51.1. The van der Waals surface area contributed by atoms with Gasteiger partial charge < -0.3 is 50.3 Å². The van der Waals surface area contributed by atoms with Gasteiger partial charge in [-0.15, -0.1) is 0 Å². The third-order valence-corrected chi connectivity index (χ3v) is 4.84. The maximum atomic E-state index is 10.9. The number of carbonyl (C=O) groups is 8. The molecule has 0 spiro atoms. The summed E-state index contributed by atoms with van der Waals surface area (Å²) in [5, 5.41) is 67.4. The van der Waals surface area contributed by atoms with Crippen molar-refractivity contribution in [2.45, 2.75) is 73.5 Å². The number of hydrogen-bond donors (Lipinski definition) is 8. The molecule has 0 aliphatic carbocycles. The van der Waals surface area contributed by atoms with Crippen molar-refractivity contribution in [3.63, 3.8) is 0 Å². The summed E-state index contributed by atoms with van der Waals surface area (Å²) in [5.74, 6) is -11.8. The smallest absolute Gasteiger partial charge is 0.328 e. The Hall–Kier alpha value is -3.70. The van der Waals surface area contributed by atoms with Gasteiger partial charge in [0.05, 0.1) is 42.1 Å². The van der Waals surface area contributed by atoms with Crippen LogP contribution in [0.1, 0.15) is 61.3 Å². The van der Waals surface area contributed by atoms with Crippen LogP contribution in [0.5, 0.6) is 0 Å². The summed E-state index contributed by atoms with van der Waals surface area (Å²) in [6.45, 7) is 15.4. The maximum absolute atomic E-state index is 10.9. The fourth-order valence-corrected chi connectivity index (χ4v) is 2.72. The van der Waals surface area contributed by atoms with E-state index in [9.17, 15) is 33.6 Å². The number of rotatable bonds is 14. The Balaban J connectivity index is -0.0000000778. The third-order valence-electron chi connectivity index (χ3n) is 4.84. The number of ether oxygens (including phenoxy) is 2. The average molecular weight is 850 g/mol. The summed E-state index contributed by atoms with van der Waals surface area (Å²) in [6.07, 6.45) is 1.45. The molecule has 0 saturated carbocycles. The zero-order chi connectivity index (χ0) is 38.6. The first-order valence-electron chi connectivity index (χ1n) is 13.3. The van der Waals surface area contributed by atoms with Gasteiger partial charge in [0.25, 0.3) is 5.97 Å². The van der Waals surface area contributed by atoms with Gasteiger partial charge in [-0.1, -0.05) is 27.0 Å². The van der Waals surface area contributed by atoms with E-state index in [2.05, 4.69) is 17.9 Å². The molecule has 0 amide bonds. The summed E-state index contributed by atoms with van der Waals surface area (Å²) >= 11 is 0. The minimum absolute atomic E-state index is 0. The Morgan fingerprint density at radius 1 is 0.620 bits per heavy atom. The van der Waals surface area contributed by atoms with Crippen molar-refractivity contribution in [3.05, 3.63) is 37.3 Å². The van der Waals surface area contributed by atoms with Crippen LogP contribution in [0.4, 0.5) is 0 Å². The topological polar surface area (TPSA) is 317 Å². The Morgan fingerprint density at radius 3 is 1.12 bits per heavy atom. The Morgan fingerprint density at radius 2 is 0.960 bits per heavy atom. The van der Waals surface area contributed by atoms with Gasteiger partial charge in [-0.05, 0) is 32.8 Å². The fourth-order valence-electron chi connectivity index (χ4n) is 2.72. The van der Waals surface area contributed by atoms with Crippen LogP contribution in [0.3, 0.4) is 0 Å². The van der Waals surface area contributed by atoms with E-state index < -0.39 is 77.7 Å². The summed E-state index contributed by atoms with van der Waals surface area (Å²) in [5.41, 5.74) is 0. The van der Waals surface area contributed by atoms with Gasteiger partial charge in [-0.3, -0.25) is 33.6 Å². The molecule has 0 bridgehead atoms. The maximum Gasteiger partial charge on any atom is 0.328 e. The number of carbonyl (C=O) groups excluding carboxylic acids is 2. The number of aliphatic hydroxyl groups excluding tert-OH is 2. The molecule has 0 saturated heterocycles. The van der Waals surface area contributed by atoms with E-state index >= 15 is 0 Å². The standard InChI is InChI=1S/C10H16O6.C8H14O5.C5H6O3.C4H6O2.C2H4O2.3Fe/c1-5(16-7(3)11)4-8(10(14)15)6(2)9(12)13;1-4(9)3-6(8(12)13)5(2)7(10)11;1-4(6)2-3-5(7)8;1-3-6-4(2)5;1-2(3)4;;;/h5-6,8H,4H2,1-3H3,(H,12,13)(H,14,15);4-6,9H,3H2,1-2H3,(H,10,11)(H,12,13);2-3,6H,1H2,(H,7,8);3H,1H2,2H3;1H3,(H,3,4);;;. The van der Waals surface area contributed by atoms with Gasteiger partial charge in [-0.2, -0.15) is 0 Å². The predicted molar refractivity (Wildman–Crippen MR) is 162 cm³/mol. The number of aliphatic carboxylic acids is 6. The van der Waals surface area contributed by atoms with Crippen molar-refractivity contribution in [1.29, 1.82) is 0 Å². The van der Waals surface area contributed by atoms with E-state index in [0.29, 0.717) is 0 Å². The van der Waals surface area contributed by atoms with Crippen LogP contribution in [-0.4, -0.2) is 101 Å². The molecule has 0 aliphatic heterocycles. The largest absolute Gasteiger partial charge is 0.509 e. The Bertz CT molecular complexity index is 1070. The summed E-state index contributed by atoms with van der Waals surface area (Å²) in [7, 11) is 0. The minimum Gasteiger partial charge on any atom is -0.509 e. The second-order valence-electron chi connectivity index (χ2n) is 9.34. The van der Waals surface area contributed by atoms with E-state index in [0.717, 1.165) is 25.3 Å². The van der Waals surface area contributed by atoms with E-state index in [1.807, 2.05) is 0 Å². The van der Waals surface area contributed by atoms with Crippen LogP contribution in [-0.2, 0) is 99.0 Å². The first-order chi connectivity index (χ1) is 21.2. The number of hydrogen-bond acceptors (Lipinski definition) is 12. The van der Waals surface area contributed by atoms with Crippen molar-refractivity contribution in [1.82, 2.24) is 0 Å². The number of esters is 2. The molecule has 18 nitrogen and oxygen atoms in total. The predicted octanol–water partition coefficient (Wildman–Crippen LogP) is 2.40. The molecule has 0 aromatic heterocycles. The van der Waals surface area contributed by atoms with Gasteiger partial charge in [0.1, 0.15) is 5.76 Å². The average Bonchev–Trinajstić information content (AvgIpc) is 2.88. The first kappa shape index (κ1) is 64.8. The van der Waals surface area contributed by atoms with Crippen molar-refractivity contribution in [2.75, 3.05) is 0 Å². The van der Waals surface area contributed by atoms with Crippen LogP contribution < -0.4 is 0 Å². The van der Waals surface area contributed by atoms with Gasteiger partial charge in [0.15, 0.2) is 0 Å². The molecule has 0 fully saturated rings. The quantitative estimate of drug-likeness (QED) is 0.0409. The molecule has 21 heteroatoms. The molecule has 0 radical (unpaired) electrons. The van der Waals surface area contributed by atoms with Crippen LogP contribution in [0.2, 0.25) is 0 Å². The SMILES string of the molecule is C=C(O)C=CC(=O)O.C=COC(C)=O.CC(=O)O.CC(=O)OC(C)CC(C(=O)O)C(C)C(=O)O.CC(O)CC(C(=O)O)C(C)C(=O)O.[Fe].[Fe].[Fe]. The van der Waals surface area contributed by atoms with E-state index in [1.165, 1.54) is 41.5 Å². The molecule has 0 aliphatic rings. The number of carboxylic acid groups (broad SMARTS) is 6. The van der Waals surface area contributed by atoms with Crippen molar-refractivity contribution >= 4 is 47.8 Å². The van der Waals surface area contributed by atoms with Gasteiger partial charge in [0.2, 0.25) is 0 Å². The zero-order valence-electron chi connectivity index (χ0n) is 28.2. The molecule has 6 unspecified atom stereocenters. The van der Waals surface area contributed by atoms with Gasteiger partial charge in [-0.25, -0.2) is 4.79 Å². The molecule has 0 rings (SSSR count). The van der Waals surface area contributed by atoms with Gasteiger partial charge >= 0.3 is 41.8 Å². The molecule has 0 aromatic rings. The molecule has 0 heterocycles. The normalized spacial score (nSPS) is 12.5.